The van der Waals surface area contributed by atoms with E-state index < -0.39 is 0 Å². The second-order valence-corrected chi connectivity index (χ2v) is 4.41. The van der Waals surface area contributed by atoms with Crippen molar-refractivity contribution in [3.63, 3.8) is 0 Å². The second kappa shape index (κ2) is 7.37. The van der Waals surface area contributed by atoms with Gasteiger partial charge in [-0.15, -0.1) is 0 Å². The summed E-state index contributed by atoms with van der Waals surface area (Å²) in [5.74, 6) is 0. The van der Waals surface area contributed by atoms with Gasteiger partial charge in [-0.05, 0) is 12.1 Å². The van der Waals surface area contributed by atoms with Crippen LogP contribution in [0.2, 0.25) is 0 Å². The summed E-state index contributed by atoms with van der Waals surface area (Å²) in [7, 11) is 0. The highest BCUT2D eigenvalue weighted by atomic mass is 15.2. The third kappa shape index (κ3) is 4.81. The second-order valence-electron chi connectivity index (χ2n) is 4.41. The number of pyridine rings is 1. The molecule has 0 spiro atoms. The predicted molar refractivity (Wildman–Crippen MR) is 70.1 cm³/mol. The minimum absolute atomic E-state index is 1.02. The third-order valence-corrected chi connectivity index (χ3v) is 3.10. The number of nitrogens with zero attached hydrogens (tertiary/aromatic N) is 2. The standard InChI is InChI=1S/C13H22N4/c1-2-5-16-13(3-1)4-6-14-7-10-17-11-8-15-9-12-17/h1-3,5,14-15H,4,6-12H2. The van der Waals surface area contributed by atoms with E-state index in [1.807, 2.05) is 18.3 Å². The molecule has 0 aromatic carbocycles. The highest BCUT2D eigenvalue weighted by Gasteiger charge is 2.07. The fourth-order valence-electron chi connectivity index (χ4n) is 2.06. The monoisotopic (exact) mass is 234 g/mol. The van der Waals surface area contributed by atoms with Gasteiger partial charge in [0, 0.05) is 64.1 Å². The lowest BCUT2D eigenvalue weighted by atomic mass is 10.3. The van der Waals surface area contributed by atoms with Crippen molar-refractivity contribution in [1.29, 1.82) is 0 Å². The molecule has 17 heavy (non-hydrogen) atoms. The van der Waals surface area contributed by atoms with Crippen LogP contribution in [0, 0.1) is 0 Å². The van der Waals surface area contributed by atoms with Crippen LogP contribution in [-0.4, -0.2) is 55.7 Å². The Hall–Kier alpha value is -0.970. The Labute approximate surface area is 103 Å². The topological polar surface area (TPSA) is 40.2 Å². The number of aromatic nitrogens is 1. The Bertz CT molecular complexity index is 296. The third-order valence-electron chi connectivity index (χ3n) is 3.10. The fourth-order valence-corrected chi connectivity index (χ4v) is 2.06. The molecule has 1 aromatic rings. The van der Waals surface area contributed by atoms with E-state index in [9.17, 15) is 0 Å². The van der Waals surface area contributed by atoms with Crippen molar-refractivity contribution in [3.05, 3.63) is 30.1 Å². The Morgan fingerprint density at radius 1 is 1.24 bits per heavy atom. The van der Waals surface area contributed by atoms with Gasteiger partial charge < -0.3 is 10.6 Å². The lowest BCUT2D eigenvalue weighted by Crippen LogP contribution is -2.45. The molecule has 0 radical (unpaired) electrons. The summed E-state index contributed by atoms with van der Waals surface area (Å²) in [6.07, 6.45) is 2.87. The minimum atomic E-state index is 1.02. The Morgan fingerprint density at radius 3 is 2.88 bits per heavy atom. The normalized spacial score (nSPS) is 17.2. The zero-order valence-electron chi connectivity index (χ0n) is 10.4. The largest absolute Gasteiger partial charge is 0.315 e. The van der Waals surface area contributed by atoms with Crippen LogP contribution in [0.4, 0.5) is 0 Å². The summed E-state index contributed by atoms with van der Waals surface area (Å²) in [5, 5.41) is 6.85. The van der Waals surface area contributed by atoms with Crippen LogP contribution in [0.15, 0.2) is 24.4 Å². The maximum absolute atomic E-state index is 4.31. The molecule has 0 amide bonds. The number of nitrogens with one attached hydrogen (secondary N) is 2. The van der Waals surface area contributed by atoms with E-state index in [2.05, 4.69) is 26.6 Å². The number of hydrogen-bond acceptors (Lipinski definition) is 4. The molecule has 94 valence electrons. The summed E-state index contributed by atoms with van der Waals surface area (Å²) in [6, 6.07) is 6.09. The maximum atomic E-state index is 4.31. The van der Waals surface area contributed by atoms with Crippen molar-refractivity contribution in [1.82, 2.24) is 20.5 Å². The summed E-state index contributed by atoms with van der Waals surface area (Å²) in [4.78, 5) is 6.81. The van der Waals surface area contributed by atoms with E-state index in [0.717, 1.165) is 39.1 Å². The van der Waals surface area contributed by atoms with Crippen LogP contribution < -0.4 is 10.6 Å². The molecule has 4 nitrogen and oxygen atoms in total. The van der Waals surface area contributed by atoms with E-state index in [1.54, 1.807) is 0 Å². The van der Waals surface area contributed by atoms with Crippen LogP contribution in [0.5, 0.6) is 0 Å². The predicted octanol–water partition coefficient (Wildman–Crippen LogP) is 0.119. The van der Waals surface area contributed by atoms with Crippen molar-refractivity contribution in [3.8, 4) is 0 Å². The Morgan fingerprint density at radius 2 is 2.12 bits per heavy atom. The van der Waals surface area contributed by atoms with Crippen molar-refractivity contribution in [2.45, 2.75) is 6.42 Å². The minimum Gasteiger partial charge on any atom is -0.315 e. The van der Waals surface area contributed by atoms with Crippen LogP contribution >= 0.6 is 0 Å². The summed E-state index contributed by atoms with van der Waals surface area (Å²) in [6.45, 7) is 7.88. The van der Waals surface area contributed by atoms with E-state index in [1.165, 1.54) is 18.8 Å². The van der Waals surface area contributed by atoms with Crippen molar-refractivity contribution >= 4 is 0 Å². The molecule has 1 aliphatic rings. The van der Waals surface area contributed by atoms with E-state index in [0.29, 0.717) is 0 Å². The molecule has 1 fully saturated rings. The zero-order chi connectivity index (χ0) is 11.8. The molecule has 0 unspecified atom stereocenters. The molecule has 4 heteroatoms. The van der Waals surface area contributed by atoms with E-state index >= 15 is 0 Å². The molecule has 1 aromatic heterocycles. The number of rotatable bonds is 6. The molecule has 0 saturated carbocycles. The van der Waals surface area contributed by atoms with Gasteiger partial charge in [-0.2, -0.15) is 0 Å². The number of hydrogen-bond donors (Lipinski definition) is 2. The highest BCUT2D eigenvalue weighted by Crippen LogP contribution is 1.93. The SMILES string of the molecule is c1ccc(CCNCCN2CCNCC2)nc1. The van der Waals surface area contributed by atoms with E-state index in [-0.39, 0.29) is 0 Å². The van der Waals surface area contributed by atoms with Crippen LogP contribution in [0.1, 0.15) is 5.69 Å². The molecule has 2 rings (SSSR count). The fraction of sp³-hybridized carbons (Fsp3) is 0.615. The van der Waals surface area contributed by atoms with Crippen molar-refractivity contribution in [2.75, 3.05) is 45.8 Å². The van der Waals surface area contributed by atoms with Crippen molar-refractivity contribution in [2.24, 2.45) is 0 Å². The molecule has 2 heterocycles. The Kier molecular flexibility index (Phi) is 5.42. The average Bonchev–Trinajstić information content (AvgIpc) is 2.41. The molecular weight excluding hydrogens is 212 g/mol. The molecular formula is C13H22N4. The summed E-state index contributed by atoms with van der Waals surface area (Å²) < 4.78 is 0. The molecule has 0 bridgehead atoms. The molecule has 0 atom stereocenters. The van der Waals surface area contributed by atoms with Gasteiger partial charge in [0.1, 0.15) is 0 Å². The first-order valence-corrected chi connectivity index (χ1v) is 6.49. The lowest BCUT2D eigenvalue weighted by molar-refractivity contribution is 0.241. The van der Waals surface area contributed by atoms with Gasteiger partial charge in [0.05, 0.1) is 0 Å². The maximum Gasteiger partial charge on any atom is 0.0416 e. The first-order valence-electron chi connectivity index (χ1n) is 6.49. The van der Waals surface area contributed by atoms with Gasteiger partial charge in [-0.1, -0.05) is 6.07 Å². The quantitative estimate of drug-likeness (QED) is 0.686. The smallest absolute Gasteiger partial charge is 0.0416 e. The number of piperazine rings is 1. The Balaban J connectivity index is 1.51. The first-order chi connectivity index (χ1) is 8.45. The molecule has 1 saturated heterocycles. The summed E-state index contributed by atoms with van der Waals surface area (Å²) >= 11 is 0. The van der Waals surface area contributed by atoms with Gasteiger partial charge in [-0.25, -0.2) is 0 Å². The van der Waals surface area contributed by atoms with Crippen LogP contribution in [-0.2, 0) is 6.42 Å². The van der Waals surface area contributed by atoms with E-state index in [4.69, 9.17) is 0 Å². The van der Waals surface area contributed by atoms with Gasteiger partial charge >= 0.3 is 0 Å². The molecule has 1 aliphatic heterocycles. The summed E-state index contributed by atoms with van der Waals surface area (Å²) in [5.41, 5.74) is 1.17. The van der Waals surface area contributed by atoms with Gasteiger partial charge in [0.25, 0.3) is 0 Å². The zero-order valence-corrected chi connectivity index (χ0v) is 10.4. The molecule has 0 aliphatic carbocycles. The van der Waals surface area contributed by atoms with Gasteiger partial charge in [0.15, 0.2) is 0 Å². The average molecular weight is 234 g/mol. The molecule has 2 N–H and O–H groups in total. The first kappa shape index (κ1) is 12.5. The lowest BCUT2D eigenvalue weighted by Gasteiger charge is -2.27. The van der Waals surface area contributed by atoms with Gasteiger partial charge in [-0.3, -0.25) is 9.88 Å². The van der Waals surface area contributed by atoms with Crippen LogP contribution in [0.3, 0.4) is 0 Å². The van der Waals surface area contributed by atoms with Gasteiger partial charge in [0.2, 0.25) is 0 Å². The highest BCUT2D eigenvalue weighted by molar-refractivity contribution is 5.03. The van der Waals surface area contributed by atoms with Crippen LogP contribution in [0.25, 0.3) is 0 Å². The van der Waals surface area contributed by atoms with Crippen molar-refractivity contribution < 1.29 is 0 Å².